The molecule has 0 spiro atoms. The third-order valence-electron chi connectivity index (χ3n) is 5.42. The lowest BCUT2D eigenvalue weighted by Crippen LogP contribution is -2.29. The Morgan fingerprint density at radius 1 is 1.04 bits per heavy atom. The molecule has 144 valence electrons. The summed E-state index contributed by atoms with van der Waals surface area (Å²) in [5.41, 5.74) is 6.98. The third-order valence-corrected chi connectivity index (χ3v) is 6.71. The molecule has 0 fully saturated rings. The molecule has 2 aromatic rings. The minimum atomic E-state index is -3.93. The van der Waals surface area contributed by atoms with Crippen molar-refractivity contribution in [2.75, 3.05) is 5.32 Å². The highest BCUT2D eigenvalue weighted by atomic mass is 32.2. The van der Waals surface area contributed by atoms with Crippen molar-refractivity contribution in [3.05, 3.63) is 58.1 Å². The van der Waals surface area contributed by atoms with Gasteiger partial charge in [0, 0.05) is 5.69 Å². The summed E-state index contributed by atoms with van der Waals surface area (Å²) in [6.07, 6.45) is 7.96. The van der Waals surface area contributed by atoms with E-state index in [1.165, 1.54) is 34.4 Å². The van der Waals surface area contributed by atoms with E-state index in [1.807, 2.05) is 6.92 Å². The van der Waals surface area contributed by atoms with Gasteiger partial charge in [0.1, 0.15) is 0 Å². The molecule has 28 heavy (non-hydrogen) atoms. The molecule has 0 unspecified atom stereocenters. The highest BCUT2D eigenvalue weighted by Crippen LogP contribution is 2.38. The molecule has 0 heterocycles. The van der Waals surface area contributed by atoms with Crippen LogP contribution in [-0.2, 0) is 35.7 Å². The van der Waals surface area contributed by atoms with Crippen molar-refractivity contribution in [3.63, 3.8) is 0 Å². The number of hydrogen-bond donors (Lipinski definition) is 2. The van der Waals surface area contributed by atoms with E-state index in [0.717, 1.165) is 49.8 Å². The van der Waals surface area contributed by atoms with Gasteiger partial charge in [-0.1, -0.05) is 23.8 Å². The van der Waals surface area contributed by atoms with E-state index in [9.17, 15) is 8.42 Å². The first-order chi connectivity index (χ1) is 13.5. The van der Waals surface area contributed by atoms with Gasteiger partial charge in [0.05, 0.1) is 4.90 Å². The number of benzene rings is 2. The van der Waals surface area contributed by atoms with E-state index < -0.39 is 10.0 Å². The average Bonchev–Trinajstić information content (AvgIpc) is 3.30. The lowest BCUT2D eigenvalue weighted by molar-refractivity contribution is 0.598. The second-order valence-electron chi connectivity index (χ2n) is 7.32. The molecule has 0 saturated carbocycles. The Bertz CT molecular complexity index is 1060. The maximum Gasteiger partial charge on any atom is 0.285 e. The van der Waals surface area contributed by atoms with Gasteiger partial charge >= 0.3 is 0 Å². The van der Waals surface area contributed by atoms with Crippen molar-refractivity contribution >= 4 is 21.7 Å². The molecule has 2 aliphatic rings. The fourth-order valence-corrected chi connectivity index (χ4v) is 5.02. The van der Waals surface area contributed by atoms with Gasteiger partial charge in [0.2, 0.25) is 5.96 Å². The summed E-state index contributed by atoms with van der Waals surface area (Å²) >= 11 is 0. The van der Waals surface area contributed by atoms with Crippen LogP contribution in [0.2, 0.25) is 0 Å². The summed E-state index contributed by atoms with van der Waals surface area (Å²) in [5, 5.41) is 14.7. The van der Waals surface area contributed by atoms with Crippen molar-refractivity contribution in [3.8, 4) is 6.19 Å². The molecule has 0 saturated heterocycles. The summed E-state index contributed by atoms with van der Waals surface area (Å²) in [4.78, 5) is 0.0978. The van der Waals surface area contributed by atoms with Crippen LogP contribution in [0.15, 0.2) is 39.6 Å². The maximum absolute atomic E-state index is 12.7. The molecule has 0 atom stereocenters. The summed E-state index contributed by atoms with van der Waals surface area (Å²) in [5.74, 6) is -0.0579. The van der Waals surface area contributed by atoms with Crippen molar-refractivity contribution in [2.45, 2.75) is 50.3 Å². The summed E-state index contributed by atoms with van der Waals surface area (Å²) in [6.45, 7) is 1.89. The minimum Gasteiger partial charge on any atom is -0.324 e. The van der Waals surface area contributed by atoms with E-state index >= 15 is 0 Å². The number of guanidine groups is 1. The van der Waals surface area contributed by atoms with Crippen molar-refractivity contribution in [2.24, 2.45) is 4.40 Å². The van der Waals surface area contributed by atoms with E-state index in [2.05, 4.69) is 21.1 Å². The average molecular weight is 395 g/mol. The van der Waals surface area contributed by atoms with Crippen LogP contribution in [0.4, 0.5) is 5.69 Å². The number of rotatable bonds is 3. The van der Waals surface area contributed by atoms with Crippen LogP contribution in [-0.4, -0.2) is 14.4 Å². The number of hydrogen-bond acceptors (Lipinski definition) is 3. The molecule has 2 aliphatic carbocycles. The number of anilines is 1. The van der Waals surface area contributed by atoms with Crippen LogP contribution in [0.3, 0.4) is 0 Å². The van der Waals surface area contributed by atoms with Crippen LogP contribution in [0.1, 0.15) is 40.7 Å². The maximum atomic E-state index is 12.7. The zero-order chi connectivity index (χ0) is 19.7. The molecule has 0 radical (unpaired) electrons. The Hall–Kier alpha value is -2.85. The predicted octanol–water partition coefficient (Wildman–Crippen LogP) is 3.20. The molecule has 0 aromatic heterocycles. The monoisotopic (exact) mass is 394 g/mol. The number of nitriles is 1. The Morgan fingerprint density at radius 2 is 1.64 bits per heavy atom. The smallest absolute Gasteiger partial charge is 0.285 e. The summed E-state index contributed by atoms with van der Waals surface area (Å²) < 4.78 is 29.3. The van der Waals surface area contributed by atoms with Crippen LogP contribution in [0.25, 0.3) is 0 Å². The number of sulfonamides is 1. The van der Waals surface area contributed by atoms with E-state index in [1.54, 1.807) is 18.3 Å². The molecule has 2 aromatic carbocycles. The Kier molecular flexibility index (Phi) is 4.82. The Labute approximate surface area is 165 Å². The topological polar surface area (TPSA) is 94.3 Å². The van der Waals surface area contributed by atoms with E-state index in [4.69, 9.17) is 5.26 Å². The minimum absolute atomic E-state index is 0.0579. The normalized spacial score (nSPS) is 15.6. The second-order valence-corrected chi connectivity index (χ2v) is 8.93. The molecule has 4 rings (SSSR count). The van der Waals surface area contributed by atoms with Crippen molar-refractivity contribution in [1.82, 2.24) is 5.32 Å². The Balaban J connectivity index is 1.74. The van der Waals surface area contributed by atoms with Crippen LogP contribution in [0, 0.1) is 18.4 Å². The van der Waals surface area contributed by atoms with Crippen LogP contribution >= 0.6 is 0 Å². The lowest BCUT2D eigenvalue weighted by atomic mass is 9.99. The molecule has 0 bridgehead atoms. The van der Waals surface area contributed by atoms with Gasteiger partial charge in [0.25, 0.3) is 10.0 Å². The van der Waals surface area contributed by atoms with Gasteiger partial charge in [-0.3, -0.25) is 5.32 Å². The van der Waals surface area contributed by atoms with E-state index in [0.29, 0.717) is 0 Å². The number of aryl methyl sites for hydroxylation is 3. The first kappa shape index (κ1) is 18.5. The first-order valence-corrected chi connectivity index (χ1v) is 10.9. The van der Waals surface area contributed by atoms with Crippen molar-refractivity contribution < 1.29 is 8.42 Å². The quantitative estimate of drug-likeness (QED) is 0.361. The zero-order valence-corrected chi connectivity index (χ0v) is 16.6. The largest absolute Gasteiger partial charge is 0.324 e. The van der Waals surface area contributed by atoms with Crippen LogP contribution in [0.5, 0.6) is 0 Å². The standard InChI is InChI=1S/C21H22N4O2S/c1-14-8-10-17(11-9-14)28(26,27)25-21(23-13-22)24-20-18-6-2-4-15(18)12-16-5-3-7-19(16)20/h8-12H,2-7H2,1H3,(H2,23,24,25). The molecule has 0 aliphatic heterocycles. The number of fused-ring (bicyclic) bond motifs is 2. The number of nitrogens with one attached hydrogen (secondary N) is 2. The second kappa shape index (κ2) is 7.28. The molecular weight excluding hydrogens is 372 g/mol. The summed E-state index contributed by atoms with van der Waals surface area (Å²) in [6, 6.07) is 8.80. The van der Waals surface area contributed by atoms with Gasteiger partial charge in [-0.2, -0.15) is 13.7 Å². The molecule has 2 N–H and O–H groups in total. The van der Waals surface area contributed by atoms with Gasteiger partial charge < -0.3 is 5.32 Å². The zero-order valence-electron chi connectivity index (χ0n) is 15.7. The van der Waals surface area contributed by atoms with E-state index in [-0.39, 0.29) is 10.9 Å². The van der Waals surface area contributed by atoms with Crippen molar-refractivity contribution in [1.29, 1.82) is 5.26 Å². The molecule has 6 nitrogen and oxygen atoms in total. The predicted molar refractivity (Wildman–Crippen MR) is 109 cm³/mol. The van der Waals surface area contributed by atoms with Gasteiger partial charge in [-0.25, -0.2) is 0 Å². The fourth-order valence-electron chi connectivity index (χ4n) is 4.10. The summed E-state index contributed by atoms with van der Waals surface area (Å²) in [7, 11) is -3.93. The first-order valence-electron chi connectivity index (χ1n) is 9.48. The SMILES string of the molecule is Cc1ccc(S(=O)(=O)/N=C(\NC#N)Nc2c3c(cc4c2CCC4)CCC3)cc1. The van der Waals surface area contributed by atoms with Gasteiger partial charge in [-0.15, -0.1) is 4.40 Å². The number of nitrogens with zero attached hydrogens (tertiary/aromatic N) is 2. The van der Waals surface area contributed by atoms with Gasteiger partial charge in [-0.05, 0) is 79.8 Å². The fraction of sp³-hybridized carbons (Fsp3) is 0.333. The highest BCUT2D eigenvalue weighted by molar-refractivity contribution is 7.90. The molecule has 0 amide bonds. The lowest BCUT2D eigenvalue weighted by Gasteiger charge is -2.17. The highest BCUT2D eigenvalue weighted by Gasteiger charge is 2.25. The third kappa shape index (κ3) is 3.48. The Morgan fingerprint density at radius 3 is 2.21 bits per heavy atom. The van der Waals surface area contributed by atoms with Crippen LogP contribution < -0.4 is 10.6 Å². The molecular formula is C21H22N4O2S. The molecule has 7 heteroatoms. The van der Waals surface area contributed by atoms with Gasteiger partial charge in [0.15, 0.2) is 6.19 Å².